The van der Waals surface area contributed by atoms with Crippen LogP contribution in [-0.2, 0) is 0 Å². The summed E-state index contributed by atoms with van der Waals surface area (Å²) in [6.07, 6.45) is -0.329. The van der Waals surface area contributed by atoms with Crippen LogP contribution in [0.15, 0.2) is 48.5 Å². The lowest BCUT2D eigenvalue weighted by Crippen LogP contribution is -2.20. The molecule has 19 heavy (non-hydrogen) atoms. The summed E-state index contributed by atoms with van der Waals surface area (Å²) in [5.74, 6) is 1.59. The average molecular weight is 258 g/mol. The van der Waals surface area contributed by atoms with E-state index in [9.17, 15) is 0 Å². The summed E-state index contributed by atoms with van der Waals surface area (Å²) in [4.78, 5) is 0. The second-order valence-corrected chi connectivity index (χ2v) is 4.09. The second-order valence-electron chi connectivity index (χ2n) is 4.09. The Kier molecular flexibility index (Phi) is 4.26. The van der Waals surface area contributed by atoms with Gasteiger partial charge < -0.3 is 20.5 Å². The van der Waals surface area contributed by atoms with Crippen molar-refractivity contribution in [3.63, 3.8) is 0 Å². The van der Waals surface area contributed by atoms with E-state index < -0.39 is 0 Å². The van der Waals surface area contributed by atoms with Crippen molar-refractivity contribution >= 4 is 5.69 Å². The van der Waals surface area contributed by atoms with Crippen LogP contribution in [0.25, 0.3) is 0 Å². The first-order valence-corrected chi connectivity index (χ1v) is 6.03. The quantitative estimate of drug-likeness (QED) is 0.810. The van der Waals surface area contributed by atoms with Gasteiger partial charge in [0.05, 0.1) is 14.2 Å². The third-order valence-electron chi connectivity index (χ3n) is 2.89. The minimum absolute atomic E-state index is 0.329. The Labute approximate surface area is 113 Å². The topological polar surface area (TPSA) is 56.5 Å². The Balaban J connectivity index is 2.13. The minimum atomic E-state index is -0.329. The van der Waals surface area contributed by atoms with E-state index in [2.05, 4.69) is 5.32 Å². The van der Waals surface area contributed by atoms with Crippen LogP contribution in [0, 0.1) is 0 Å². The van der Waals surface area contributed by atoms with Crippen LogP contribution in [0.4, 0.5) is 5.69 Å². The van der Waals surface area contributed by atoms with Crippen LogP contribution in [-0.4, -0.2) is 14.2 Å². The van der Waals surface area contributed by atoms with E-state index in [-0.39, 0.29) is 6.17 Å². The standard InChI is InChI=1S/C15H18N2O2/c1-18-12-9-7-11(8-10-12)17-15(16)13-5-3-4-6-14(13)19-2/h3-10,15,17H,16H2,1-2H3. The van der Waals surface area contributed by atoms with Crippen LogP contribution < -0.4 is 20.5 Å². The van der Waals surface area contributed by atoms with Crippen molar-refractivity contribution in [2.45, 2.75) is 6.17 Å². The molecule has 0 fully saturated rings. The molecule has 100 valence electrons. The Morgan fingerprint density at radius 2 is 1.63 bits per heavy atom. The Bertz CT molecular complexity index is 526. The predicted octanol–water partition coefficient (Wildman–Crippen LogP) is 2.77. The van der Waals surface area contributed by atoms with Crippen LogP contribution in [0.5, 0.6) is 11.5 Å². The molecule has 0 saturated heterocycles. The smallest absolute Gasteiger partial charge is 0.125 e. The van der Waals surface area contributed by atoms with Gasteiger partial charge in [-0.2, -0.15) is 0 Å². The number of nitrogens with two attached hydrogens (primary N) is 1. The molecule has 0 radical (unpaired) electrons. The fourth-order valence-corrected chi connectivity index (χ4v) is 1.87. The van der Waals surface area contributed by atoms with Crippen LogP contribution in [0.1, 0.15) is 11.7 Å². The van der Waals surface area contributed by atoms with E-state index in [1.165, 1.54) is 0 Å². The van der Waals surface area contributed by atoms with Gasteiger partial charge in [0.15, 0.2) is 0 Å². The largest absolute Gasteiger partial charge is 0.497 e. The summed E-state index contributed by atoms with van der Waals surface area (Å²) in [5.41, 5.74) is 8.00. The van der Waals surface area contributed by atoms with Gasteiger partial charge in [0.25, 0.3) is 0 Å². The van der Waals surface area contributed by atoms with Crippen LogP contribution in [0.2, 0.25) is 0 Å². The number of nitrogens with one attached hydrogen (secondary N) is 1. The number of hydrogen-bond acceptors (Lipinski definition) is 4. The predicted molar refractivity (Wildman–Crippen MR) is 76.5 cm³/mol. The summed E-state index contributed by atoms with van der Waals surface area (Å²) >= 11 is 0. The van der Waals surface area contributed by atoms with Crippen molar-refractivity contribution < 1.29 is 9.47 Å². The molecule has 1 unspecified atom stereocenters. The van der Waals surface area contributed by atoms with Gasteiger partial charge in [-0.1, -0.05) is 18.2 Å². The molecule has 0 amide bonds. The maximum Gasteiger partial charge on any atom is 0.125 e. The summed E-state index contributed by atoms with van der Waals surface area (Å²) in [6.45, 7) is 0. The van der Waals surface area contributed by atoms with Crippen molar-refractivity contribution in [1.29, 1.82) is 0 Å². The van der Waals surface area contributed by atoms with Crippen molar-refractivity contribution in [2.75, 3.05) is 19.5 Å². The van der Waals surface area contributed by atoms with Crippen LogP contribution >= 0.6 is 0 Å². The molecule has 1 atom stereocenters. The molecule has 4 nitrogen and oxygen atoms in total. The van der Waals surface area contributed by atoms with Gasteiger partial charge >= 0.3 is 0 Å². The average Bonchev–Trinajstić information content (AvgIpc) is 2.48. The molecular weight excluding hydrogens is 240 g/mol. The third-order valence-corrected chi connectivity index (χ3v) is 2.89. The molecule has 0 aromatic heterocycles. The van der Waals surface area contributed by atoms with Gasteiger partial charge in [-0.3, -0.25) is 0 Å². The maximum absolute atomic E-state index is 6.15. The molecule has 0 saturated carbocycles. The Hall–Kier alpha value is -2.20. The normalized spacial score (nSPS) is 11.7. The number of benzene rings is 2. The van der Waals surface area contributed by atoms with E-state index in [0.717, 1.165) is 22.7 Å². The van der Waals surface area contributed by atoms with Gasteiger partial charge in [-0.05, 0) is 30.3 Å². The molecule has 0 aliphatic heterocycles. The Morgan fingerprint density at radius 3 is 2.26 bits per heavy atom. The maximum atomic E-state index is 6.15. The molecule has 0 aliphatic rings. The molecule has 2 rings (SSSR count). The third kappa shape index (κ3) is 3.17. The highest BCUT2D eigenvalue weighted by molar-refractivity contribution is 5.49. The molecule has 0 aliphatic carbocycles. The molecule has 0 bridgehead atoms. The fraction of sp³-hybridized carbons (Fsp3) is 0.200. The lowest BCUT2D eigenvalue weighted by molar-refractivity contribution is 0.407. The zero-order chi connectivity index (χ0) is 13.7. The zero-order valence-electron chi connectivity index (χ0n) is 11.1. The first kappa shape index (κ1) is 13.2. The number of hydrogen-bond donors (Lipinski definition) is 2. The van der Waals surface area contributed by atoms with E-state index in [1.54, 1.807) is 14.2 Å². The highest BCUT2D eigenvalue weighted by Crippen LogP contribution is 2.25. The van der Waals surface area contributed by atoms with Crippen molar-refractivity contribution in [1.82, 2.24) is 0 Å². The summed E-state index contributed by atoms with van der Waals surface area (Å²) < 4.78 is 10.4. The molecule has 2 aromatic rings. The first-order chi connectivity index (χ1) is 9.24. The van der Waals surface area contributed by atoms with Gasteiger partial charge in [0, 0.05) is 11.3 Å². The molecule has 2 aromatic carbocycles. The molecule has 3 N–H and O–H groups in total. The summed E-state index contributed by atoms with van der Waals surface area (Å²) in [7, 11) is 3.28. The van der Waals surface area contributed by atoms with Gasteiger partial charge in [0.2, 0.25) is 0 Å². The monoisotopic (exact) mass is 258 g/mol. The van der Waals surface area contributed by atoms with Crippen molar-refractivity contribution in [3.05, 3.63) is 54.1 Å². The van der Waals surface area contributed by atoms with E-state index in [4.69, 9.17) is 15.2 Å². The number of rotatable bonds is 5. The number of para-hydroxylation sites is 1. The highest BCUT2D eigenvalue weighted by Gasteiger charge is 2.10. The molecule has 0 spiro atoms. The van der Waals surface area contributed by atoms with Crippen molar-refractivity contribution in [2.24, 2.45) is 5.73 Å². The molecular formula is C15H18N2O2. The van der Waals surface area contributed by atoms with Gasteiger partial charge in [-0.15, -0.1) is 0 Å². The number of ether oxygens (including phenoxy) is 2. The van der Waals surface area contributed by atoms with E-state index in [1.807, 2.05) is 48.5 Å². The number of anilines is 1. The van der Waals surface area contributed by atoms with Gasteiger partial charge in [0.1, 0.15) is 17.7 Å². The first-order valence-electron chi connectivity index (χ1n) is 6.03. The SMILES string of the molecule is COc1ccc(NC(N)c2ccccc2OC)cc1. The van der Waals surface area contributed by atoms with E-state index >= 15 is 0 Å². The number of methoxy groups -OCH3 is 2. The second kappa shape index (κ2) is 6.11. The van der Waals surface area contributed by atoms with Crippen LogP contribution in [0.3, 0.4) is 0 Å². The summed E-state index contributed by atoms with van der Waals surface area (Å²) in [6, 6.07) is 15.3. The molecule has 4 heteroatoms. The zero-order valence-corrected chi connectivity index (χ0v) is 11.1. The highest BCUT2D eigenvalue weighted by atomic mass is 16.5. The van der Waals surface area contributed by atoms with E-state index in [0.29, 0.717) is 0 Å². The lowest BCUT2D eigenvalue weighted by atomic mass is 10.1. The van der Waals surface area contributed by atoms with Crippen molar-refractivity contribution in [3.8, 4) is 11.5 Å². The summed E-state index contributed by atoms with van der Waals surface area (Å²) in [5, 5.41) is 3.23. The minimum Gasteiger partial charge on any atom is -0.497 e. The lowest BCUT2D eigenvalue weighted by Gasteiger charge is -2.18. The Morgan fingerprint density at radius 1 is 0.947 bits per heavy atom. The fourth-order valence-electron chi connectivity index (χ4n) is 1.87. The molecule has 0 heterocycles. The van der Waals surface area contributed by atoms with Gasteiger partial charge in [-0.25, -0.2) is 0 Å².